The van der Waals surface area contributed by atoms with Crippen LogP contribution in [-0.2, 0) is 13.0 Å². The number of benzene rings is 1. The molecule has 0 saturated heterocycles. The van der Waals surface area contributed by atoms with E-state index in [1.54, 1.807) is 11.3 Å². The fourth-order valence-corrected chi connectivity index (χ4v) is 3.47. The summed E-state index contributed by atoms with van der Waals surface area (Å²) in [6, 6.07) is 8.60. The monoisotopic (exact) mass is 300 g/mol. The quantitative estimate of drug-likeness (QED) is 0.747. The lowest BCUT2D eigenvalue weighted by molar-refractivity contribution is 0.590. The van der Waals surface area contributed by atoms with Gasteiger partial charge in [-0.3, -0.25) is 0 Å². The van der Waals surface area contributed by atoms with E-state index in [1.807, 2.05) is 24.5 Å². The molecule has 0 bridgehead atoms. The van der Waals surface area contributed by atoms with Crippen LogP contribution in [0.15, 0.2) is 34.9 Å². The number of rotatable bonds is 5. The summed E-state index contributed by atoms with van der Waals surface area (Å²) in [4.78, 5) is 6.14. The van der Waals surface area contributed by atoms with E-state index in [0.29, 0.717) is 6.04 Å². The van der Waals surface area contributed by atoms with Gasteiger partial charge in [-0.2, -0.15) is 0 Å². The van der Waals surface area contributed by atoms with Crippen molar-refractivity contribution in [2.45, 2.75) is 39.8 Å². The largest absolute Gasteiger partial charge is 0.464 e. The van der Waals surface area contributed by atoms with Gasteiger partial charge in [0.05, 0.1) is 11.3 Å². The maximum atomic E-state index is 5.64. The van der Waals surface area contributed by atoms with Crippen LogP contribution in [0.3, 0.4) is 0 Å². The highest BCUT2D eigenvalue weighted by Crippen LogP contribution is 2.34. The zero-order valence-electron chi connectivity index (χ0n) is 12.6. The molecule has 0 atom stereocenters. The van der Waals surface area contributed by atoms with E-state index in [2.05, 4.69) is 32.2 Å². The number of fused-ring (bicyclic) bond motifs is 1. The summed E-state index contributed by atoms with van der Waals surface area (Å²) in [6.07, 6.45) is 2.78. The Balaban J connectivity index is 1.99. The second kappa shape index (κ2) is 6.00. The number of hydrogen-bond donors (Lipinski definition) is 1. The molecule has 0 spiro atoms. The van der Waals surface area contributed by atoms with Crippen molar-refractivity contribution in [3.63, 3.8) is 0 Å². The first kappa shape index (κ1) is 14.3. The SMILES string of the molecule is CCc1nc(-c2coc3ccccc23)sc1CNC(C)C. The minimum atomic E-state index is 0.481. The molecule has 21 heavy (non-hydrogen) atoms. The molecule has 0 aliphatic rings. The maximum Gasteiger partial charge on any atom is 0.134 e. The number of nitrogens with zero attached hydrogens (tertiary/aromatic N) is 1. The van der Waals surface area contributed by atoms with Gasteiger partial charge in [-0.1, -0.05) is 39.0 Å². The predicted molar refractivity (Wildman–Crippen MR) is 88.7 cm³/mol. The van der Waals surface area contributed by atoms with Crippen LogP contribution >= 0.6 is 11.3 Å². The molecule has 1 aromatic carbocycles. The Morgan fingerprint density at radius 3 is 2.86 bits per heavy atom. The molecule has 0 unspecified atom stereocenters. The van der Waals surface area contributed by atoms with Crippen molar-refractivity contribution in [3.8, 4) is 10.6 Å². The number of hydrogen-bond acceptors (Lipinski definition) is 4. The van der Waals surface area contributed by atoms with Crippen molar-refractivity contribution >= 4 is 22.3 Å². The zero-order valence-corrected chi connectivity index (χ0v) is 13.5. The first-order valence-electron chi connectivity index (χ1n) is 7.37. The topological polar surface area (TPSA) is 38.1 Å². The van der Waals surface area contributed by atoms with E-state index in [0.717, 1.165) is 34.5 Å². The third-order valence-corrected chi connectivity index (χ3v) is 4.63. The summed E-state index contributed by atoms with van der Waals surface area (Å²) in [7, 11) is 0. The van der Waals surface area contributed by atoms with E-state index < -0.39 is 0 Å². The number of nitrogens with one attached hydrogen (secondary N) is 1. The van der Waals surface area contributed by atoms with Gasteiger partial charge in [-0.15, -0.1) is 11.3 Å². The summed E-state index contributed by atoms with van der Waals surface area (Å²) >= 11 is 1.77. The Bertz CT molecular complexity index is 742. The van der Waals surface area contributed by atoms with E-state index in [-0.39, 0.29) is 0 Å². The summed E-state index contributed by atoms with van der Waals surface area (Å²) in [5.41, 5.74) is 3.21. The third kappa shape index (κ3) is 2.87. The lowest BCUT2D eigenvalue weighted by Gasteiger charge is -2.06. The van der Waals surface area contributed by atoms with Gasteiger partial charge >= 0.3 is 0 Å². The lowest BCUT2D eigenvalue weighted by atomic mass is 10.2. The molecule has 2 heterocycles. The van der Waals surface area contributed by atoms with Crippen LogP contribution in [0.25, 0.3) is 21.5 Å². The number of furan rings is 1. The molecule has 0 aliphatic heterocycles. The molecule has 0 amide bonds. The first-order valence-corrected chi connectivity index (χ1v) is 8.19. The van der Waals surface area contributed by atoms with Gasteiger partial charge in [0.2, 0.25) is 0 Å². The molecular formula is C17H20N2OS. The Morgan fingerprint density at radius 1 is 1.29 bits per heavy atom. The Labute approximate surface area is 129 Å². The fourth-order valence-electron chi connectivity index (χ4n) is 2.35. The van der Waals surface area contributed by atoms with Gasteiger partial charge in [0.1, 0.15) is 16.9 Å². The standard InChI is InChI=1S/C17H20N2OS/c1-4-14-16(9-18-11(2)3)21-17(19-14)13-10-20-15-8-6-5-7-12(13)15/h5-8,10-11,18H,4,9H2,1-3H3. The maximum absolute atomic E-state index is 5.64. The number of aryl methyl sites for hydroxylation is 1. The summed E-state index contributed by atoms with van der Waals surface area (Å²) < 4.78 is 5.64. The highest BCUT2D eigenvalue weighted by Gasteiger charge is 2.15. The third-order valence-electron chi connectivity index (χ3n) is 3.50. The van der Waals surface area contributed by atoms with Crippen LogP contribution in [0.2, 0.25) is 0 Å². The number of thiazole rings is 1. The predicted octanol–water partition coefficient (Wildman–Crippen LogP) is 4.62. The molecule has 3 aromatic rings. The summed E-state index contributed by atoms with van der Waals surface area (Å²) in [5.74, 6) is 0. The second-order valence-electron chi connectivity index (χ2n) is 5.42. The van der Waals surface area contributed by atoms with Crippen LogP contribution in [0.4, 0.5) is 0 Å². The van der Waals surface area contributed by atoms with Crippen molar-refractivity contribution in [2.75, 3.05) is 0 Å². The van der Waals surface area contributed by atoms with E-state index in [1.165, 1.54) is 10.6 Å². The van der Waals surface area contributed by atoms with Gasteiger partial charge in [0.25, 0.3) is 0 Å². The number of aromatic nitrogens is 1. The smallest absolute Gasteiger partial charge is 0.134 e. The van der Waals surface area contributed by atoms with Crippen LogP contribution < -0.4 is 5.32 Å². The zero-order chi connectivity index (χ0) is 14.8. The van der Waals surface area contributed by atoms with Crippen molar-refractivity contribution < 1.29 is 4.42 Å². The molecule has 3 rings (SSSR count). The average molecular weight is 300 g/mol. The molecule has 0 radical (unpaired) electrons. The molecule has 0 saturated carbocycles. The molecule has 2 aromatic heterocycles. The van der Waals surface area contributed by atoms with Crippen molar-refractivity contribution in [2.24, 2.45) is 0 Å². The van der Waals surface area contributed by atoms with Crippen LogP contribution in [0, 0.1) is 0 Å². The molecule has 3 nitrogen and oxygen atoms in total. The Morgan fingerprint density at radius 2 is 2.10 bits per heavy atom. The Kier molecular flexibility index (Phi) is 4.08. The molecule has 1 N–H and O–H groups in total. The van der Waals surface area contributed by atoms with Crippen LogP contribution in [0.1, 0.15) is 31.3 Å². The van der Waals surface area contributed by atoms with Gasteiger partial charge < -0.3 is 9.73 Å². The average Bonchev–Trinajstić information content (AvgIpc) is 3.08. The van der Waals surface area contributed by atoms with Crippen molar-refractivity contribution in [1.82, 2.24) is 10.3 Å². The number of para-hydroxylation sites is 1. The molecule has 4 heteroatoms. The fraction of sp³-hybridized carbons (Fsp3) is 0.353. The van der Waals surface area contributed by atoms with E-state index >= 15 is 0 Å². The first-order chi connectivity index (χ1) is 10.2. The van der Waals surface area contributed by atoms with E-state index in [9.17, 15) is 0 Å². The highest BCUT2D eigenvalue weighted by molar-refractivity contribution is 7.15. The summed E-state index contributed by atoms with van der Waals surface area (Å²) in [5, 5.41) is 5.67. The highest BCUT2D eigenvalue weighted by atomic mass is 32.1. The lowest BCUT2D eigenvalue weighted by Crippen LogP contribution is -2.21. The molecule has 0 fully saturated rings. The van der Waals surface area contributed by atoms with Crippen molar-refractivity contribution in [3.05, 3.63) is 41.1 Å². The van der Waals surface area contributed by atoms with Crippen LogP contribution in [0.5, 0.6) is 0 Å². The van der Waals surface area contributed by atoms with Gasteiger partial charge in [-0.05, 0) is 12.5 Å². The van der Waals surface area contributed by atoms with Crippen LogP contribution in [-0.4, -0.2) is 11.0 Å². The van der Waals surface area contributed by atoms with Gasteiger partial charge in [0, 0.05) is 22.8 Å². The van der Waals surface area contributed by atoms with Crippen molar-refractivity contribution in [1.29, 1.82) is 0 Å². The van der Waals surface area contributed by atoms with Gasteiger partial charge in [0.15, 0.2) is 0 Å². The minimum Gasteiger partial charge on any atom is -0.464 e. The Hall–Kier alpha value is -1.65. The van der Waals surface area contributed by atoms with E-state index in [4.69, 9.17) is 9.40 Å². The minimum absolute atomic E-state index is 0.481. The normalized spacial score (nSPS) is 11.6. The molecular weight excluding hydrogens is 280 g/mol. The second-order valence-corrected chi connectivity index (χ2v) is 6.51. The molecule has 110 valence electrons. The van der Waals surface area contributed by atoms with Gasteiger partial charge in [-0.25, -0.2) is 4.98 Å². The summed E-state index contributed by atoms with van der Waals surface area (Å²) in [6.45, 7) is 7.37. The molecule has 0 aliphatic carbocycles.